The summed E-state index contributed by atoms with van der Waals surface area (Å²) < 4.78 is 0. The molecular weight excluding hydrogens is 290 g/mol. The van der Waals surface area contributed by atoms with Gasteiger partial charge in [-0.25, -0.2) is 4.98 Å². The Kier molecular flexibility index (Phi) is 4.83. The van der Waals surface area contributed by atoms with Crippen LogP contribution >= 0.6 is 0 Å². The molecule has 1 unspecified atom stereocenters. The monoisotopic (exact) mass is 311 g/mol. The van der Waals surface area contributed by atoms with Crippen LogP contribution in [0.5, 0.6) is 0 Å². The molecule has 0 bridgehead atoms. The van der Waals surface area contributed by atoms with Gasteiger partial charge in [0.25, 0.3) is 5.91 Å². The molecule has 1 aromatic carbocycles. The summed E-state index contributed by atoms with van der Waals surface area (Å²) in [7, 11) is 1.95. The van der Waals surface area contributed by atoms with Crippen molar-refractivity contribution in [2.75, 3.05) is 25.5 Å². The number of likely N-dealkylation sites (N-methyl/N-ethyl adjacent to an activating group) is 1. The standard InChI is InChI=1S/C17H21N5O/c1-18-15-6-3-9-22(12-15)17(23)13-4-2-5-14(10-13)21-16-11-19-7-8-20-16/h2,4-5,7-8,10-11,15,18H,3,6,9,12H2,1H3,(H,20,21). The summed E-state index contributed by atoms with van der Waals surface area (Å²) in [4.78, 5) is 22.8. The summed E-state index contributed by atoms with van der Waals surface area (Å²) >= 11 is 0. The number of amides is 1. The molecule has 6 nitrogen and oxygen atoms in total. The molecule has 0 spiro atoms. The van der Waals surface area contributed by atoms with E-state index in [1.165, 1.54) is 0 Å². The Bertz CT molecular complexity index is 661. The number of anilines is 2. The minimum atomic E-state index is 0.0766. The molecule has 120 valence electrons. The highest BCUT2D eigenvalue weighted by Gasteiger charge is 2.23. The van der Waals surface area contributed by atoms with Crippen LogP contribution in [0.4, 0.5) is 11.5 Å². The minimum absolute atomic E-state index is 0.0766. The second-order valence-electron chi connectivity index (χ2n) is 5.68. The zero-order chi connectivity index (χ0) is 16.1. The van der Waals surface area contributed by atoms with Crippen LogP contribution in [-0.4, -0.2) is 47.0 Å². The van der Waals surface area contributed by atoms with E-state index in [1.54, 1.807) is 18.6 Å². The van der Waals surface area contributed by atoms with E-state index < -0.39 is 0 Å². The number of likely N-dealkylation sites (tertiary alicyclic amines) is 1. The van der Waals surface area contributed by atoms with Crippen molar-refractivity contribution in [3.8, 4) is 0 Å². The lowest BCUT2D eigenvalue weighted by molar-refractivity contribution is 0.0698. The second kappa shape index (κ2) is 7.19. The molecule has 1 aliphatic heterocycles. The molecule has 1 saturated heterocycles. The molecule has 6 heteroatoms. The minimum Gasteiger partial charge on any atom is -0.339 e. The number of nitrogens with one attached hydrogen (secondary N) is 2. The summed E-state index contributed by atoms with van der Waals surface area (Å²) in [5.74, 6) is 0.734. The normalized spacial score (nSPS) is 17.8. The molecule has 2 aromatic rings. The van der Waals surface area contributed by atoms with Crippen LogP contribution in [0.3, 0.4) is 0 Å². The van der Waals surface area contributed by atoms with Crippen molar-refractivity contribution >= 4 is 17.4 Å². The van der Waals surface area contributed by atoms with E-state index >= 15 is 0 Å². The van der Waals surface area contributed by atoms with Crippen molar-refractivity contribution in [2.45, 2.75) is 18.9 Å². The van der Waals surface area contributed by atoms with Gasteiger partial charge in [0.2, 0.25) is 0 Å². The molecule has 1 amide bonds. The maximum atomic E-state index is 12.7. The van der Waals surface area contributed by atoms with Crippen LogP contribution in [0.15, 0.2) is 42.9 Å². The second-order valence-corrected chi connectivity index (χ2v) is 5.68. The van der Waals surface area contributed by atoms with Gasteiger partial charge in [0.1, 0.15) is 5.82 Å². The topological polar surface area (TPSA) is 70.2 Å². The number of hydrogen-bond donors (Lipinski definition) is 2. The van der Waals surface area contributed by atoms with Gasteiger partial charge in [-0.1, -0.05) is 6.07 Å². The van der Waals surface area contributed by atoms with Crippen LogP contribution < -0.4 is 10.6 Å². The van der Waals surface area contributed by atoms with E-state index in [0.717, 1.165) is 31.6 Å². The third-order valence-corrected chi connectivity index (χ3v) is 4.06. The van der Waals surface area contributed by atoms with Crippen LogP contribution in [0, 0.1) is 0 Å². The molecule has 2 N–H and O–H groups in total. The number of aromatic nitrogens is 2. The molecule has 1 atom stereocenters. The first-order chi connectivity index (χ1) is 11.3. The molecule has 1 aromatic heterocycles. The van der Waals surface area contributed by atoms with Crippen molar-refractivity contribution in [3.05, 3.63) is 48.4 Å². The van der Waals surface area contributed by atoms with Gasteiger partial charge in [-0.05, 0) is 38.1 Å². The van der Waals surface area contributed by atoms with Crippen LogP contribution in [-0.2, 0) is 0 Å². The maximum absolute atomic E-state index is 12.7. The first-order valence-corrected chi connectivity index (χ1v) is 7.86. The third kappa shape index (κ3) is 3.84. The number of carbonyl (C=O) groups is 1. The predicted octanol–water partition coefficient (Wildman–Crippen LogP) is 2.04. The number of nitrogens with zero attached hydrogens (tertiary/aromatic N) is 3. The van der Waals surface area contributed by atoms with Crippen LogP contribution in [0.2, 0.25) is 0 Å². The lowest BCUT2D eigenvalue weighted by atomic mass is 10.0. The van der Waals surface area contributed by atoms with E-state index in [-0.39, 0.29) is 5.91 Å². The SMILES string of the molecule is CNC1CCCN(C(=O)c2cccc(Nc3cnccn3)c2)C1. The average molecular weight is 311 g/mol. The molecule has 1 aliphatic rings. The summed E-state index contributed by atoms with van der Waals surface area (Å²) in [6.07, 6.45) is 7.06. The van der Waals surface area contributed by atoms with Gasteiger partial charge in [-0.15, -0.1) is 0 Å². The van der Waals surface area contributed by atoms with Gasteiger partial charge in [0.15, 0.2) is 0 Å². The van der Waals surface area contributed by atoms with E-state index in [1.807, 2.05) is 36.2 Å². The van der Waals surface area contributed by atoms with E-state index in [2.05, 4.69) is 20.6 Å². The number of hydrogen-bond acceptors (Lipinski definition) is 5. The Morgan fingerprint density at radius 2 is 2.26 bits per heavy atom. The molecule has 23 heavy (non-hydrogen) atoms. The molecule has 0 aliphatic carbocycles. The maximum Gasteiger partial charge on any atom is 0.253 e. The highest BCUT2D eigenvalue weighted by atomic mass is 16.2. The fourth-order valence-electron chi connectivity index (χ4n) is 2.82. The van der Waals surface area contributed by atoms with Gasteiger partial charge >= 0.3 is 0 Å². The Labute approximate surface area is 135 Å². The largest absolute Gasteiger partial charge is 0.339 e. The number of rotatable bonds is 4. The summed E-state index contributed by atoms with van der Waals surface area (Å²) in [6.45, 7) is 1.58. The number of carbonyl (C=O) groups excluding carboxylic acids is 1. The van der Waals surface area contributed by atoms with Crippen LogP contribution in [0.25, 0.3) is 0 Å². The van der Waals surface area contributed by atoms with Gasteiger partial charge in [0, 0.05) is 42.8 Å². The Hall–Kier alpha value is -2.47. The molecule has 1 fully saturated rings. The van der Waals surface area contributed by atoms with E-state index in [9.17, 15) is 4.79 Å². The lowest BCUT2D eigenvalue weighted by Crippen LogP contribution is -2.46. The Morgan fingerprint density at radius 1 is 1.35 bits per heavy atom. The average Bonchev–Trinajstić information content (AvgIpc) is 2.62. The van der Waals surface area contributed by atoms with E-state index in [0.29, 0.717) is 17.4 Å². The highest BCUT2D eigenvalue weighted by molar-refractivity contribution is 5.95. The van der Waals surface area contributed by atoms with Crippen molar-refractivity contribution in [3.63, 3.8) is 0 Å². The molecule has 3 rings (SSSR count). The van der Waals surface area contributed by atoms with Crippen molar-refractivity contribution in [1.82, 2.24) is 20.2 Å². The Morgan fingerprint density at radius 3 is 3.04 bits per heavy atom. The van der Waals surface area contributed by atoms with Gasteiger partial charge in [-0.2, -0.15) is 0 Å². The Balaban J connectivity index is 1.72. The van der Waals surface area contributed by atoms with Crippen LogP contribution in [0.1, 0.15) is 23.2 Å². The third-order valence-electron chi connectivity index (χ3n) is 4.06. The summed E-state index contributed by atoms with van der Waals surface area (Å²) in [5.41, 5.74) is 1.52. The highest BCUT2D eigenvalue weighted by Crippen LogP contribution is 2.18. The fourth-order valence-corrected chi connectivity index (χ4v) is 2.82. The molecule has 0 saturated carbocycles. The van der Waals surface area contributed by atoms with E-state index in [4.69, 9.17) is 0 Å². The van der Waals surface area contributed by atoms with Crippen molar-refractivity contribution < 1.29 is 4.79 Å². The predicted molar refractivity (Wildman–Crippen MR) is 89.7 cm³/mol. The fraction of sp³-hybridized carbons (Fsp3) is 0.353. The summed E-state index contributed by atoms with van der Waals surface area (Å²) in [6, 6.07) is 7.89. The zero-order valence-corrected chi connectivity index (χ0v) is 13.2. The smallest absolute Gasteiger partial charge is 0.253 e. The molecule has 0 radical (unpaired) electrons. The molecule has 2 heterocycles. The van der Waals surface area contributed by atoms with Crippen molar-refractivity contribution in [1.29, 1.82) is 0 Å². The first-order valence-electron chi connectivity index (χ1n) is 7.86. The summed E-state index contributed by atoms with van der Waals surface area (Å²) in [5, 5.41) is 6.43. The lowest BCUT2D eigenvalue weighted by Gasteiger charge is -2.32. The zero-order valence-electron chi connectivity index (χ0n) is 13.2. The van der Waals surface area contributed by atoms with Crippen molar-refractivity contribution in [2.24, 2.45) is 0 Å². The van der Waals surface area contributed by atoms with Gasteiger partial charge < -0.3 is 15.5 Å². The molecular formula is C17H21N5O. The number of piperidine rings is 1. The first kappa shape index (κ1) is 15.4. The van der Waals surface area contributed by atoms with Gasteiger partial charge in [-0.3, -0.25) is 9.78 Å². The quantitative estimate of drug-likeness (QED) is 0.904. The number of benzene rings is 1. The van der Waals surface area contributed by atoms with Gasteiger partial charge in [0.05, 0.1) is 6.20 Å².